The van der Waals surface area contributed by atoms with Gasteiger partial charge in [-0.3, -0.25) is 0 Å². The predicted octanol–water partition coefficient (Wildman–Crippen LogP) is 3.67. The maximum atomic E-state index is 12.7. The first-order valence-electron chi connectivity index (χ1n) is 4.25. The standard InChI is InChI=1S/C8H15FS2/c1-2-10-11-8-5-3-7(9)4-6-8/h7-8H,2-6H2,1H3. The molecule has 0 N–H and O–H groups in total. The number of rotatable bonds is 3. The summed E-state index contributed by atoms with van der Waals surface area (Å²) in [6.07, 6.45) is 3.25. The molecule has 1 aliphatic carbocycles. The number of alkyl halides is 1. The zero-order chi connectivity index (χ0) is 8.10. The largest absolute Gasteiger partial charge is 0.247 e. The third-order valence-electron chi connectivity index (χ3n) is 1.93. The van der Waals surface area contributed by atoms with Crippen molar-refractivity contribution < 1.29 is 4.39 Å². The Labute approximate surface area is 76.1 Å². The molecule has 0 spiro atoms. The molecule has 1 saturated carbocycles. The van der Waals surface area contributed by atoms with Gasteiger partial charge in [-0.25, -0.2) is 4.39 Å². The number of halogens is 1. The summed E-state index contributed by atoms with van der Waals surface area (Å²) in [4.78, 5) is 0. The highest BCUT2D eigenvalue weighted by molar-refractivity contribution is 8.76. The van der Waals surface area contributed by atoms with E-state index in [2.05, 4.69) is 6.92 Å². The zero-order valence-electron chi connectivity index (χ0n) is 6.88. The first-order valence-corrected chi connectivity index (χ1v) is 6.63. The summed E-state index contributed by atoms with van der Waals surface area (Å²) in [5.41, 5.74) is 0. The van der Waals surface area contributed by atoms with Crippen LogP contribution in [0.4, 0.5) is 4.39 Å². The van der Waals surface area contributed by atoms with Crippen molar-refractivity contribution in [3.63, 3.8) is 0 Å². The molecule has 0 aliphatic heterocycles. The Kier molecular flexibility index (Phi) is 4.69. The minimum Gasteiger partial charge on any atom is -0.247 e. The first kappa shape index (κ1) is 9.72. The van der Waals surface area contributed by atoms with Crippen molar-refractivity contribution in [3.8, 4) is 0 Å². The quantitative estimate of drug-likeness (QED) is 0.629. The molecule has 3 heteroatoms. The van der Waals surface area contributed by atoms with Crippen LogP contribution in [0.25, 0.3) is 0 Å². The van der Waals surface area contributed by atoms with Gasteiger partial charge in [0, 0.05) is 11.0 Å². The topological polar surface area (TPSA) is 0 Å². The predicted molar refractivity (Wildman–Crippen MR) is 52.9 cm³/mol. The first-order chi connectivity index (χ1) is 5.33. The van der Waals surface area contributed by atoms with E-state index in [0.717, 1.165) is 30.9 Å². The van der Waals surface area contributed by atoms with E-state index < -0.39 is 6.17 Å². The van der Waals surface area contributed by atoms with Gasteiger partial charge < -0.3 is 0 Å². The Balaban J connectivity index is 2.07. The summed E-state index contributed by atoms with van der Waals surface area (Å²) < 4.78 is 12.7. The molecule has 0 aromatic rings. The van der Waals surface area contributed by atoms with Gasteiger partial charge in [-0.05, 0) is 25.7 Å². The van der Waals surface area contributed by atoms with Crippen LogP contribution in [0.1, 0.15) is 32.6 Å². The normalized spacial score (nSPS) is 32.2. The fraction of sp³-hybridized carbons (Fsp3) is 1.00. The molecule has 66 valence electrons. The molecule has 0 heterocycles. The molecule has 0 saturated heterocycles. The lowest BCUT2D eigenvalue weighted by molar-refractivity contribution is 0.255. The third kappa shape index (κ3) is 3.70. The Morgan fingerprint density at radius 1 is 1.27 bits per heavy atom. The second-order valence-electron chi connectivity index (χ2n) is 2.88. The maximum Gasteiger partial charge on any atom is 0.100 e. The molecule has 0 unspecified atom stereocenters. The summed E-state index contributed by atoms with van der Waals surface area (Å²) in [6, 6.07) is 0. The molecule has 1 fully saturated rings. The van der Waals surface area contributed by atoms with E-state index in [1.54, 1.807) is 0 Å². The van der Waals surface area contributed by atoms with Crippen molar-refractivity contribution in [2.45, 2.75) is 44.0 Å². The summed E-state index contributed by atoms with van der Waals surface area (Å²) in [5.74, 6) is 1.17. The fourth-order valence-corrected chi connectivity index (χ4v) is 3.64. The monoisotopic (exact) mass is 194 g/mol. The molecule has 0 amide bonds. The van der Waals surface area contributed by atoms with Crippen LogP contribution in [-0.4, -0.2) is 17.2 Å². The highest BCUT2D eigenvalue weighted by Gasteiger charge is 2.20. The lowest BCUT2D eigenvalue weighted by Crippen LogP contribution is -2.15. The van der Waals surface area contributed by atoms with E-state index in [4.69, 9.17) is 0 Å². The highest BCUT2D eigenvalue weighted by atomic mass is 33.1. The smallest absolute Gasteiger partial charge is 0.100 e. The van der Waals surface area contributed by atoms with E-state index in [1.165, 1.54) is 5.75 Å². The van der Waals surface area contributed by atoms with E-state index in [-0.39, 0.29) is 0 Å². The molecule has 0 aromatic carbocycles. The van der Waals surface area contributed by atoms with Gasteiger partial charge >= 0.3 is 0 Å². The van der Waals surface area contributed by atoms with Gasteiger partial charge in [0.05, 0.1) is 0 Å². The van der Waals surface area contributed by atoms with Crippen molar-refractivity contribution in [1.82, 2.24) is 0 Å². The number of hydrogen-bond acceptors (Lipinski definition) is 2. The molecule has 0 nitrogen and oxygen atoms in total. The summed E-state index contributed by atoms with van der Waals surface area (Å²) in [7, 11) is 3.86. The Hall–Kier alpha value is 0.630. The van der Waals surface area contributed by atoms with Crippen LogP contribution in [0.5, 0.6) is 0 Å². The van der Waals surface area contributed by atoms with Gasteiger partial charge in [0.15, 0.2) is 0 Å². The Morgan fingerprint density at radius 2 is 1.91 bits per heavy atom. The van der Waals surface area contributed by atoms with E-state index >= 15 is 0 Å². The Bertz CT molecular complexity index is 97.5. The van der Waals surface area contributed by atoms with E-state index in [1.807, 2.05) is 21.6 Å². The second kappa shape index (κ2) is 5.31. The van der Waals surface area contributed by atoms with Crippen LogP contribution in [-0.2, 0) is 0 Å². The average molecular weight is 194 g/mol. The second-order valence-corrected chi connectivity index (χ2v) is 5.83. The molecule has 0 aromatic heterocycles. The lowest BCUT2D eigenvalue weighted by Gasteiger charge is -2.22. The average Bonchev–Trinajstić information content (AvgIpc) is 2.04. The summed E-state index contributed by atoms with van der Waals surface area (Å²) in [6.45, 7) is 2.17. The minimum atomic E-state index is -0.501. The SMILES string of the molecule is CCSSC1CCC(F)CC1. The maximum absolute atomic E-state index is 12.7. The van der Waals surface area contributed by atoms with Crippen LogP contribution in [0.15, 0.2) is 0 Å². The summed E-state index contributed by atoms with van der Waals surface area (Å²) in [5, 5.41) is 0.729. The van der Waals surface area contributed by atoms with Crippen molar-refractivity contribution in [1.29, 1.82) is 0 Å². The van der Waals surface area contributed by atoms with Gasteiger partial charge in [0.25, 0.3) is 0 Å². The van der Waals surface area contributed by atoms with Gasteiger partial charge in [-0.2, -0.15) is 0 Å². The van der Waals surface area contributed by atoms with Gasteiger partial charge in [-0.1, -0.05) is 28.5 Å². The highest BCUT2D eigenvalue weighted by Crippen LogP contribution is 2.36. The van der Waals surface area contributed by atoms with Crippen LogP contribution >= 0.6 is 21.6 Å². The van der Waals surface area contributed by atoms with E-state index in [0.29, 0.717) is 0 Å². The lowest BCUT2D eigenvalue weighted by atomic mass is 9.99. The van der Waals surface area contributed by atoms with Crippen molar-refractivity contribution in [2.24, 2.45) is 0 Å². The number of hydrogen-bond donors (Lipinski definition) is 0. The Morgan fingerprint density at radius 3 is 2.45 bits per heavy atom. The van der Waals surface area contributed by atoms with Crippen molar-refractivity contribution >= 4 is 21.6 Å². The molecule has 0 atom stereocenters. The molecule has 1 rings (SSSR count). The van der Waals surface area contributed by atoms with Crippen molar-refractivity contribution in [3.05, 3.63) is 0 Å². The molecule has 11 heavy (non-hydrogen) atoms. The van der Waals surface area contributed by atoms with Crippen LogP contribution in [0.3, 0.4) is 0 Å². The van der Waals surface area contributed by atoms with Crippen LogP contribution < -0.4 is 0 Å². The molecule has 0 radical (unpaired) electrons. The minimum absolute atomic E-state index is 0.501. The van der Waals surface area contributed by atoms with Crippen molar-refractivity contribution in [2.75, 3.05) is 5.75 Å². The van der Waals surface area contributed by atoms with Crippen LogP contribution in [0, 0.1) is 0 Å². The zero-order valence-corrected chi connectivity index (χ0v) is 8.52. The van der Waals surface area contributed by atoms with Gasteiger partial charge in [0.2, 0.25) is 0 Å². The molecule has 0 bridgehead atoms. The van der Waals surface area contributed by atoms with E-state index in [9.17, 15) is 4.39 Å². The third-order valence-corrected chi connectivity index (χ3v) is 4.97. The fourth-order valence-electron chi connectivity index (χ4n) is 1.28. The molecular weight excluding hydrogens is 179 g/mol. The van der Waals surface area contributed by atoms with Gasteiger partial charge in [0.1, 0.15) is 6.17 Å². The summed E-state index contributed by atoms with van der Waals surface area (Å²) >= 11 is 0. The molecule has 1 aliphatic rings. The van der Waals surface area contributed by atoms with Crippen LogP contribution in [0.2, 0.25) is 0 Å². The van der Waals surface area contributed by atoms with Gasteiger partial charge in [-0.15, -0.1) is 0 Å². The molecular formula is C8H15FS2.